The maximum Gasteiger partial charge on any atom is 0.493 e. The van der Waals surface area contributed by atoms with E-state index in [1.54, 1.807) is 14.2 Å². The normalized spacial score (nSPS) is 12.8. The van der Waals surface area contributed by atoms with Crippen LogP contribution in [0.2, 0.25) is 0 Å². The van der Waals surface area contributed by atoms with Gasteiger partial charge >= 0.3 is 13.1 Å². The highest BCUT2D eigenvalue weighted by Gasteiger charge is 2.27. The zero-order valence-electron chi connectivity index (χ0n) is 18.0. The van der Waals surface area contributed by atoms with E-state index in [2.05, 4.69) is 10.6 Å². The Bertz CT molecular complexity index is 676. The summed E-state index contributed by atoms with van der Waals surface area (Å²) in [5, 5.41) is 5.35. The van der Waals surface area contributed by atoms with E-state index in [4.69, 9.17) is 14.0 Å². The van der Waals surface area contributed by atoms with E-state index in [0.29, 0.717) is 6.42 Å². The molecule has 0 aromatic heterocycles. The summed E-state index contributed by atoms with van der Waals surface area (Å²) in [7, 11) is 3.89. The molecule has 2 atom stereocenters. The standard InChI is InChI=1S/C20H31BN2O6/c1-13(2)11-17(22-14(3)24)19(25)23-18(20(26)27-4)12-15-7-9-16(10-8-15)21(28-5)29-6/h7-10,13,17-18H,11-12H2,1-6H3,(H,22,24)(H,23,25)/t17-,18-/m0/s1. The summed E-state index contributed by atoms with van der Waals surface area (Å²) in [6.07, 6.45) is 0.710. The monoisotopic (exact) mass is 406 g/mol. The van der Waals surface area contributed by atoms with Gasteiger partial charge in [0, 0.05) is 27.6 Å². The van der Waals surface area contributed by atoms with Gasteiger partial charge in [-0.25, -0.2) is 4.79 Å². The summed E-state index contributed by atoms with van der Waals surface area (Å²) in [6, 6.07) is 5.75. The van der Waals surface area contributed by atoms with E-state index in [1.165, 1.54) is 14.0 Å². The molecule has 29 heavy (non-hydrogen) atoms. The molecule has 0 saturated heterocycles. The Morgan fingerprint density at radius 1 is 0.966 bits per heavy atom. The Balaban J connectivity index is 2.92. The number of esters is 1. The summed E-state index contributed by atoms with van der Waals surface area (Å²) in [5.74, 6) is -1.09. The molecular weight excluding hydrogens is 375 g/mol. The van der Waals surface area contributed by atoms with Crippen LogP contribution in [0.25, 0.3) is 0 Å². The second kappa shape index (κ2) is 12.2. The minimum absolute atomic E-state index is 0.191. The molecule has 2 amide bonds. The quantitative estimate of drug-likeness (QED) is 0.408. The average Bonchev–Trinajstić information content (AvgIpc) is 2.67. The zero-order valence-corrected chi connectivity index (χ0v) is 18.0. The zero-order chi connectivity index (χ0) is 22.0. The maximum atomic E-state index is 12.7. The lowest BCUT2D eigenvalue weighted by Gasteiger charge is -2.23. The number of methoxy groups -OCH3 is 1. The largest absolute Gasteiger partial charge is 0.493 e. The van der Waals surface area contributed by atoms with Gasteiger partial charge in [0.05, 0.1) is 7.11 Å². The first-order chi connectivity index (χ1) is 13.7. The number of amides is 2. The molecule has 8 nitrogen and oxygen atoms in total. The second-order valence-corrected chi connectivity index (χ2v) is 7.22. The number of carbonyl (C=O) groups is 3. The van der Waals surface area contributed by atoms with E-state index in [9.17, 15) is 14.4 Å². The van der Waals surface area contributed by atoms with Crippen molar-refractivity contribution in [2.24, 2.45) is 5.92 Å². The molecule has 0 spiro atoms. The molecule has 0 bridgehead atoms. The highest BCUT2D eigenvalue weighted by atomic mass is 16.6. The SMILES string of the molecule is COB(OC)c1ccc(C[C@H](NC(=O)[C@H](CC(C)C)NC(C)=O)C(=O)OC)cc1. The van der Waals surface area contributed by atoms with Crippen molar-refractivity contribution in [1.29, 1.82) is 0 Å². The van der Waals surface area contributed by atoms with Crippen molar-refractivity contribution in [3.63, 3.8) is 0 Å². The molecule has 0 saturated carbocycles. The Morgan fingerprint density at radius 2 is 1.55 bits per heavy atom. The molecule has 2 N–H and O–H groups in total. The summed E-state index contributed by atoms with van der Waals surface area (Å²) in [5.41, 5.74) is 1.66. The van der Waals surface area contributed by atoms with Gasteiger partial charge in [0.15, 0.2) is 0 Å². The van der Waals surface area contributed by atoms with Gasteiger partial charge in [0.1, 0.15) is 12.1 Å². The third-order valence-electron chi connectivity index (χ3n) is 4.32. The number of ether oxygens (including phenoxy) is 1. The lowest BCUT2D eigenvalue weighted by Crippen LogP contribution is -2.52. The van der Waals surface area contributed by atoms with E-state index in [0.717, 1.165) is 11.0 Å². The van der Waals surface area contributed by atoms with Crippen LogP contribution in [0.15, 0.2) is 24.3 Å². The van der Waals surface area contributed by atoms with Crippen molar-refractivity contribution < 1.29 is 28.4 Å². The highest BCUT2D eigenvalue weighted by Crippen LogP contribution is 2.08. The predicted octanol–water partition coefficient (Wildman–Crippen LogP) is 0.426. The van der Waals surface area contributed by atoms with Crippen LogP contribution >= 0.6 is 0 Å². The molecule has 0 aliphatic rings. The molecule has 0 fully saturated rings. The molecule has 9 heteroatoms. The first-order valence-corrected chi connectivity index (χ1v) is 9.51. The number of hydrogen-bond donors (Lipinski definition) is 2. The van der Waals surface area contributed by atoms with Crippen LogP contribution in [0.3, 0.4) is 0 Å². The number of hydrogen-bond acceptors (Lipinski definition) is 6. The molecule has 0 unspecified atom stereocenters. The average molecular weight is 406 g/mol. The van der Waals surface area contributed by atoms with E-state index in [-0.39, 0.29) is 18.2 Å². The molecule has 0 heterocycles. The van der Waals surface area contributed by atoms with Crippen LogP contribution in [0.5, 0.6) is 0 Å². The minimum Gasteiger partial charge on any atom is -0.467 e. The number of carbonyl (C=O) groups excluding carboxylic acids is 3. The van der Waals surface area contributed by atoms with E-state index < -0.39 is 31.1 Å². The Kier molecular flexibility index (Phi) is 10.4. The lowest BCUT2D eigenvalue weighted by molar-refractivity contribution is -0.145. The van der Waals surface area contributed by atoms with Gasteiger partial charge in [0.25, 0.3) is 0 Å². The molecule has 0 aliphatic heterocycles. The van der Waals surface area contributed by atoms with Crippen molar-refractivity contribution in [2.75, 3.05) is 21.3 Å². The van der Waals surface area contributed by atoms with E-state index in [1.807, 2.05) is 38.1 Å². The summed E-state index contributed by atoms with van der Waals surface area (Å²) in [4.78, 5) is 36.4. The summed E-state index contributed by atoms with van der Waals surface area (Å²) in [6.45, 7) is 5.26. The van der Waals surface area contributed by atoms with Crippen LogP contribution in [0, 0.1) is 5.92 Å². The Morgan fingerprint density at radius 3 is 2.00 bits per heavy atom. The Hall–Kier alpha value is -2.39. The molecule has 1 aromatic rings. The molecule has 1 rings (SSSR count). The van der Waals surface area contributed by atoms with Gasteiger partial charge < -0.3 is 24.7 Å². The van der Waals surface area contributed by atoms with Gasteiger partial charge in [-0.2, -0.15) is 0 Å². The summed E-state index contributed by atoms with van der Waals surface area (Å²) < 4.78 is 15.3. The molecule has 0 radical (unpaired) electrons. The van der Waals surface area contributed by atoms with Gasteiger partial charge in [-0.15, -0.1) is 0 Å². The number of nitrogens with one attached hydrogen (secondary N) is 2. The predicted molar refractivity (Wildman–Crippen MR) is 111 cm³/mol. The molecule has 1 aromatic carbocycles. The smallest absolute Gasteiger partial charge is 0.467 e. The second-order valence-electron chi connectivity index (χ2n) is 7.22. The van der Waals surface area contributed by atoms with Crippen LogP contribution in [0.4, 0.5) is 0 Å². The fourth-order valence-corrected chi connectivity index (χ4v) is 2.97. The fraction of sp³-hybridized carbons (Fsp3) is 0.550. The van der Waals surface area contributed by atoms with Crippen molar-refractivity contribution in [3.8, 4) is 0 Å². The van der Waals surface area contributed by atoms with Crippen LogP contribution in [-0.4, -0.2) is 58.3 Å². The van der Waals surface area contributed by atoms with Crippen LogP contribution in [-0.2, 0) is 34.9 Å². The lowest BCUT2D eigenvalue weighted by atomic mass is 9.78. The third kappa shape index (κ3) is 8.25. The fourth-order valence-electron chi connectivity index (χ4n) is 2.97. The van der Waals surface area contributed by atoms with Gasteiger partial charge in [-0.05, 0) is 23.4 Å². The highest BCUT2D eigenvalue weighted by molar-refractivity contribution is 6.61. The summed E-state index contributed by atoms with van der Waals surface area (Å²) >= 11 is 0. The van der Waals surface area contributed by atoms with Crippen LogP contribution in [0.1, 0.15) is 32.8 Å². The van der Waals surface area contributed by atoms with Crippen molar-refractivity contribution in [3.05, 3.63) is 29.8 Å². The molecular formula is C20H31BN2O6. The number of benzene rings is 1. The molecule has 160 valence electrons. The maximum absolute atomic E-state index is 12.7. The van der Waals surface area contributed by atoms with Crippen molar-refractivity contribution >= 4 is 30.4 Å². The molecule has 0 aliphatic carbocycles. The Labute approximate surface area is 172 Å². The van der Waals surface area contributed by atoms with E-state index >= 15 is 0 Å². The third-order valence-corrected chi connectivity index (χ3v) is 4.32. The van der Waals surface area contributed by atoms with Gasteiger partial charge in [-0.3, -0.25) is 9.59 Å². The van der Waals surface area contributed by atoms with Crippen LogP contribution < -0.4 is 16.1 Å². The van der Waals surface area contributed by atoms with Gasteiger partial charge in [0.2, 0.25) is 11.8 Å². The van der Waals surface area contributed by atoms with Crippen molar-refractivity contribution in [1.82, 2.24) is 10.6 Å². The number of rotatable bonds is 11. The minimum atomic E-state index is -0.873. The first kappa shape index (κ1) is 24.7. The first-order valence-electron chi connectivity index (χ1n) is 9.51. The van der Waals surface area contributed by atoms with Gasteiger partial charge in [-0.1, -0.05) is 38.1 Å². The topological polar surface area (TPSA) is 103 Å². The van der Waals surface area contributed by atoms with Crippen molar-refractivity contribution in [2.45, 2.75) is 45.7 Å².